The zero-order valence-electron chi connectivity index (χ0n) is 11.5. The second-order valence-corrected chi connectivity index (χ2v) is 4.99. The summed E-state index contributed by atoms with van der Waals surface area (Å²) < 4.78 is 19.2. The topological polar surface area (TPSA) is 38.5 Å². The van der Waals surface area contributed by atoms with Gasteiger partial charge in [-0.15, -0.1) is 0 Å². The van der Waals surface area contributed by atoms with Gasteiger partial charge >= 0.3 is 0 Å². The van der Waals surface area contributed by atoms with Crippen molar-refractivity contribution in [2.45, 2.75) is 19.4 Å². The van der Waals surface area contributed by atoms with E-state index in [0.29, 0.717) is 12.3 Å². The Morgan fingerprint density at radius 3 is 2.79 bits per heavy atom. The van der Waals surface area contributed by atoms with Gasteiger partial charge in [0.2, 0.25) is 0 Å². The van der Waals surface area contributed by atoms with Gasteiger partial charge in [-0.3, -0.25) is 0 Å². The first-order valence-corrected chi connectivity index (χ1v) is 6.58. The van der Waals surface area contributed by atoms with Crippen molar-refractivity contribution >= 4 is 5.69 Å². The Balaban J connectivity index is 2.11. The predicted molar refractivity (Wildman–Crippen MR) is 75.8 cm³/mol. The van der Waals surface area contributed by atoms with Crippen LogP contribution in [0.15, 0.2) is 29.8 Å². The first-order chi connectivity index (χ1) is 9.11. The maximum atomic E-state index is 14.1. The lowest BCUT2D eigenvalue weighted by Gasteiger charge is -2.29. The van der Waals surface area contributed by atoms with Gasteiger partial charge in [-0.05, 0) is 36.6 Å². The molecule has 0 saturated carbocycles. The van der Waals surface area contributed by atoms with Crippen molar-refractivity contribution in [3.8, 4) is 0 Å². The Morgan fingerprint density at radius 2 is 2.26 bits per heavy atom. The zero-order valence-corrected chi connectivity index (χ0v) is 11.5. The second kappa shape index (κ2) is 6.17. The molecule has 4 heteroatoms. The van der Waals surface area contributed by atoms with Crippen LogP contribution < -0.4 is 10.6 Å². The quantitative estimate of drug-likeness (QED) is 0.850. The number of nitrogens with zero attached hydrogens (tertiary/aromatic N) is 1. The Labute approximate surface area is 113 Å². The molecule has 104 valence electrons. The van der Waals surface area contributed by atoms with Gasteiger partial charge in [0.1, 0.15) is 5.82 Å². The Kier molecular flexibility index (Phi) is 4.56. The second-order valence-electron chi connectivity index (χ2n) is 4.99. The van der Waals surface area contributed by atoms with Crippen molar-refractivity contribution in [2.24, 2.45) is 5.73 Å². The minimum absolute atomic E-state index is 0.141. The van der Waals surface area contributed by atoms with Gasteiger partial charge in [-0.1, -0.05) is 12.1 Å². The third kappa shape index (κ3) is 3.33. The SMILES string of the molecule is COCC1=CCN(c2ccc([C@@H](C)N)cc2F)CC1. The fourth-order valence-corrected chi connectivity index (χ4v) is 2.31. The van der Waals surface area contributed by atoms with Gasteiger partial charge in [0.15, 0.2) is 0 Å². The number of nitrogens with two attached hydrogens (primary N) is 1. The smallest absolute Gasteiger partial charge is 0.146 e. The van der Waals surface area contributed by atoms with E-state index < -0.39 is 0 Å². The Bertz CT molecular complexity index is 471. The highest BCUT2D eigenvalue weighted by Crippen LogP contribution is 2.25. The van der Waals surface area contributed by atoms with E-state index in [0.717, 1.165) is 25.1 Å². The highest BCUT2D eigenvalue weighted by atomic mass is 19.1. The van der Waals surface area contributed by atoms with Crippen molar-refractivity contribution in [3.05, 3.63) is 41.2 Å². The molecule has 0 aromatic heterocycles. The molecule has 1 atom stereocenters. The van der Waals surface area contributed by atoms with Crippen LogP contribution in [0.1, 0.15) is 24.9 Å². The molecule has 2 rings (SSSR count). The number of ether oxygens (including phenoxy) is 1. The normalized spacial score (nSPS) is 17.3. The minimum atomic E-state index is -0.196. The average molecular weight is 264 g/mol. The molecule has 1 heterocycles. The molecular formula is C15H21FN2O. The highest BCUT2D eigenvalue weighted by Gasteiger charge is 2.16. The van der Waals surface area contributed by atoms with Crippen molar-refractivity contribution in [1.29, 1.82) is 0 Å². The van der Waals surface area contributed by atoms with Crippen LogP contribution in [0.3, 0.4) is 0 Å². The Morgan fingerprint density at radius 1 is 1.47 bits per heavy atom. The minimum Gasteiger partial charge on any atom is -0.380 e. The summed E-state index contributed by atoms with van der Waals surface area (Å²) in [6.45, 7) is 4.08. The molecule has 2 N–H and O–H groups in total. The largest absolute Gasteiger partial charge is 0.380 e. The molecule has 19 heavy (non-hydrogen) atoms. The number of benzene rings is 1. The summed E-state index contributed by atoms with van der Waals surface area (Å²) in [5.74, 6) is -0.196. The Hall–Kier alpha value is -1.39. The molecule has 0 spiro atoms. The van der Waals surface area contributed by atoms with E-state index in [9.17, 15) is 4.39 Å². The van der Waals surface area contributed by atoms with Crippen molar-refractivity contribution in [2.75, 3.05) is 31.7 Å². The molecule has 1 aromatic rings. The average Bonchev–Trinajstić information content (AvgIpc) is 2.40. The van der Waals surface area contributed by atoms with Crippen LogP contribution in [-0.2, 0) is 4.74 Å². The maximum Gasteiger partial charge on any atom is 0.146 e. The first-order valence-electron chi connectivity index (χ1n) is 6.58. The van der Waals surface area contributed by atoms with Crippen LogP contribution in [0, 0.1) is 5.82 Å². The monoisotopic (exact) mass is 264 g/mol. The number of hydrogen-bond acceptors (Lipinski definition) is 3. The number of methoxy groups -OCH3 is 1. The van der Waals surface area contributed by atoms with E-state index >= 15 is 0 Å². The number of anilines is 1. The summed E-state index contributed by atoms with van der Waals surface area (Å²) in [7, 11) is 1.69. The molecule has 0 fully saturated rings. The third-order valence-corrected chi connectivity index (χ3v) is 3.47. The van der Waals surface area contributed by atoms with Crippen LogP contribution in [0.4, 0.5) is 10.1 Å². The fraction of sp³-hybridized carbons (Fsp3) is 0.467. The van der Waals surface area contributed by atoms with Crippen molar-refractivity contribution < 1.29 is 9.13 Å². The predicted octanol–water partition coefficient (Wildman–Crippen LogP) is 2.63. The zero-order chi connectivity index (χ0) is 13.8. The van der Waals surface area contributed by atoms with E-state index in [-0.39, 0.29) is 11.9 Å². The van der Waals surface area contributed by atoms with Crippen LogP contribution in [0.25, 0.3) is 0 Å². The van der Waals surface area contributed by atoms with Gasteiger partial charge in [-0.2, -0.15) is 0 Å². The van der Waals surface area contributed by atoms with Crippen molar-refractivity contribution in [3.63, 3.8) is 0 Å². The van der Waals surface area contributed by atoms with Gasteiger partial charge in [0.25, 0.3) is 0 Å². The lowest BCUT2D eigenvalue weighted by molar-refractivity contribution is 0.222. The fourth-order valence-electron chi connectivity index (χ4n) is 2.31. The number of rotatable bonds is 4. The van der Waals surface area contributed by atoms with Gasteiger partial charge in [-0.25, -0.2) is 4.39 Å². The number of halogens is 1. The first kappa shape index (κ1) is 14.0. The lowest BCUT2D eigenvalue weighted by Crippen LogP contribution is -2.30. The molecule has 0 unspecified atom stereocenters. The number of hydrogen-bond donors (Lipinski definition) is 1. The molecule has 0 radical (unpaired) electrons. The third-order valence-electron chi connectivity index (χ3n) is 3.47. The maximum absolute atomic E-state index is 14.1. The molecule has 1 aliphatic heterocycles. The molecule has 1 aromatic carbocycles. The summed E-state index contributed by atoms with van der Waals surface area (Å²) >= 11 is 0. The summed E-state index contributed by atoms with van der Waals surface area (Å²) in [4.78, 5) is 2.04. The van der Waals surface area contributed by atoms with E-state index in [2.05, 4.69) is 6.08 Å². The van der Waals surface area contributed by atoms with E-state index in [4.69, 9.17) is 10.5 Å². The van der Waals surface area contributed by atoms with E-state index in [1.807, 2.05) is 24.0 Å². The van der Waals surface area contributed by atoms with Gasteiger partial charge < -0.3 is 15.4 Å². The summed E-state index contributed by atoms with van der Waals surface area (Å²) in [6, 6.07) is 5.12. The molecule has 0 amide bonds. The molecule has 0 saturated heterocycles. The van der Waals surface area contributed by atoms with Crippen LogP contribution in [0.5, 0.6) is 0 Å². The summed E-state index contributed by atoms with van der Waals surface area (Å²) in [5, 5.41) is 0. The van der Waals surface area contributed by atoms with E-state index in [1.54, 1.807) is 7.11 Å². The molecule has 3 nitrogen and oxygen atoms in total. The molecular weight excluding hydrogens is 243 g/mol. The van der Waals surface area contributed by atoms with Crippen LogP contribution >= 0.6 is 0 Å². The summed E-state index contributed by atoms with van der Waals surface area (Å²) in [6.07, 6.45) is 3.04. The summed E-state index contributed by atoms with van der Waals surface area (Å²) in [5.41, 5.74) is 8.52. The van der Waals surface area contributed by atoms with E-state index in [1.165, 1.54) is 11.6 Å². The van der Waals surface area contributed by atoms with Crippen molar-refractivity contribution in [1.82, 2.24) is 0 Å². The standard InChI is InChI=1S/C15H21FN2O/c1-11(17)13-3-4-15(14(16)9-13)18-7-5-12(6-8-18)10-19-2/h3-5,9,11H,6-8,10,17H2,1-2H3/t11-/m1/s1. The highest BCUT2D eigenvalue weighted by molar-refractivity contribution is 5.51. The van der Waals surface area contributed by atoms with Crippen LogP contribution in [0.2, 0.25) is 0 Å². The lowest BCUT2D eigenvalue weighted by atomic mass is 10.1. The molecule has 0 bridgehead atoms. The van der Waals surface area contributed by atoms with Crippen LogP contribution in [-0.4, -0.2) is 26.8 Å². The van der Waals surface area contributed by atoms with Gasteiger partial charge in [0.05, 0.1) is 12.3 Å². The molecule has 0 aliphatic carbocycles. The van der Waals surface area contributed by atoms with Gasteiger partial charge in [0, 0.05) is 26.2 Å². The molecule has 1 aliphatic rings.